The summed E-state index contributed by atoms with van der Waals surface area (Å²) >= 11 is 0. The van der Waals surface area contributed by atoms with Gasteiger partial charge in [-0.25, -0.2) is 14.7 Å². The van der Waals surface area contributed by atoms with E-state index in [0.717, 1.165) is 28.7 Å². The Kier molecular flexibility index (Phi) is 7.43. The number of benzene rings is 1. The highest BCUT2D eigenvalue weighted by atomic mass is 16.5. The molecule has 0 unspecified atom stereocenters. The number of fused-ring (bicyclic) bond motifs is 2. The van der Waals surface area contributed by atoms with Crippen molar-refractivity contribution >= 4 is 23.3 Å². The van der Waals surface area contributed by atoms with Gasteiger partial charge in [-0.3, -0.25) is 15.5 Å². The van der Waals surface area contributed by atoms with Crippen molar-refractivity contribution in [2.24, 2.45) is 10.7 Å². The standard InChI is InChI=1S/C22H28N4O5/c1-3-31-21(27)18-7-5-4-6-17(23)20-12-14(10-11-26(20)29)16-9-8-15(13-19(16)25-18)24-22(28)30-2/h8-13,17-18,29H,3-7,23H2,1-2H3,(H,24,28)/t17-,18+/m0/s1. The van der Waals surface area contributed by atoms with Crippen molar-refractivity contribution in [1.82, 2.24) is 5.06 Å². The summed E-state index contributed by atoms with van der Waals surface area (Å²) in [6.07, 6.45) is 7.14. The van der Waals surface area contributed by atoms with Crippen LogP contribution in [0.2, 0.25) is 0 Å². The average molecular weight is 428 g/mol. The van der Waals surface area contributed by atoms with Gasteiger partial charge >= 0.3 is 12.1 Å². The maximum atomic E-state index is 12.6. The van der Waals surface area contributed by atoms with Crippen LogP contribution < -0.4 is 21.6 Å². The number of anilines is 1. The van der Waals surface area contributed by atoms with E-state index in [1.165, 1.54) is 13.3 Å². The Morgan fingerprint density at radius 1 is 1.32 bits per heavy atom. The minimum atomic E-state index is -0.673. The Hall–Kier alpha value is -3.17. The lowest BCUT2D eigenvalue weighted by Crippen LogP contribution is -2.36. The van der Waals surface area contributed by atoms with E-state index in [1.807, 2.05) is 6.08 Å². The zero-order chi connectivity index (χ0) is 22.4. The number of carbonyl (C=O) groups excluding carboxylic acids is 2. The van der Waals surface area contributed by atoms with Gasteiger partial charge in [-0.05, 0) is 49.6 Å². The molecule has 0 spiro atoms. The highest BCUT2D eigenvalue weighted by Crippen LogP contribution is 2.21. The summed E-state index contributed by atoms with van der Waals surface area (Å²) in [5.41, 5.74) is 8.17. The van der Waals surface area contributed by atoms with Crippen LogP contribution in [0.4, 0.5) is 10.5 Å². The molecule has 166 valence electrons. The molecule has 0 aromatic heterocycles. The van der Waals surface area contributed by atoms with Crippen LogP contribution in [0.15, 0.2) is 47.2 Å². The maximum absolute atomic E-state index is 12.6. The zero-order valence-corrected chi connectivity index (χ0v) is 17.7. The zero-order valence-electron chi connectivity index (χ0n) is 17.7. The van der Waals surface area contributed by atoms with Gasteiger partial charge in [-0.15, -0.1) is 0 Å². The average Bonchev–Trinajstić information content (AvgIpc) is 2.75. The predicted octanol–water partition coefficient (Wildman–Crippen LogP) is 1.57. The van der Waals surface area contributed by atoms with E-state index in [4.69, 9.17) is 15.5 Å². The van der Waals surface area contributed by atoms with Crippen LogP contribution in [0.1, 0.15) is 32.6 Å². The van der Waals surface area contributed by atoms with Gasteiger partial charge in [-0.1, -0.05) is 18.9 Å². The fourth-order valence-electron chi connectivity index (χ4n) is 3.58. The van der Waals surface area contributed by atoms with Gasteiger partial charge in [0.15, 0.2) is 0 Å². The molecule has 2 atom stereocenters. The highest BCUT2D eigenvalue weighted by Gasteiger charge is 2.22. The molecule has 9 nitrogen and oxygen atoms in total. The topological polar surface area (TPSA) is 126 Å². The molecule has 1 aromatic carbocycles. The molecule has 0 radical (unpaired) electrons. The number of allylic oxidation sites excluding steroid dienone is 2. The smallest absolute Gasteiger partial charge is 0.411 e. The second-order valence-corrected chi connectivity index (χ2v) is 7.32. The number of nitrogens with zero attached hydrogens (tertiary/aromatic N) is 2. The summed E-state index contributed by atoms with van der Waals surface area (Å²) in [7, 11) is 1.28. The molecule has 4 N–H and O–H groups in total. The lowest BCUT2D eigenvalue weighted by molar-refractivity contribution is -0.144. The predicted molar refractivity (Wildman–Crippen MR) is 114 cm³/mol. The van der Waals surface area contributed by atoms with Crippen molar-refractivity contribution in [1.29, 1.82) is 0 Å². The summed E-state index contributed by atoms with van der Waals surface area (Å²) in [6.45, 7) is 2.03. The summed E-state index contributed by atoms with van der Waals surface area (Å²) in [5.74, 6) is -0.386. The number of esters is 1. The molecular formula is C22H28N4O5. The van der Waals surface area contributed by atoms with Crippen LogP contribution in [0.3, 0.4) is 0 Å². The number of nitrogens with one attached hydrogen (secondary N) is 1. The first-order valence-corrected chi connectivity index (χ1v) is 10.3. The quantitative estimate of drug-likeness (QED) is 0.624. The Morgan fingerprint density at radius 3 is 2.84 bits per heavy atom. The van der Waals surface area contributed by atoms with Crippen molar-refractivity contribution in [3.63, 3.8) is 0 Å². The first-order valence-electron chi connectivity index (χ1n) is 10.3. The van der Waals surface area contributed by atoms with E-state index >= 15 is 0 Å². The lowest BCUT2D eigenvalue weighted by atomic mass is 9.99. The summed E-state index contributed by atoms with van der Waals surface area (Å²) in [6, 6.07) is 4.17. The first kappa shape index (κ1) is 22.5. The van der Waals surface area contributed by atoms with Crippen molar-refractivity contribution in [2.75, 3.05) is 19.0 Å². The van der Waals surface area contributed by atoms with Gasteiger partial charge in [0.1, 0.15) is 6.04 Å². The molecule has 2 aliphatic heterocycles. The van der Waals surface area contributed by atoms with Crippen LogP contribution >= 0.6 is 0 Å². The van der Waals surface area contributed by atoms with E-state index in [0.29, 0.717) is 29.6 Å². The van der Waals surface area contributed by atoms with Crippen molar-refractivity contribution in [2.45, 2.75) is 44.7 Å². The second kappa shape index (κ2) is 10.2. The molecule has 31 heavy (non-hydrogen) atoms. The number of ether oxygens (including phenoxy) is 2. The van der Waals surface area contributed by atoms with Gasteiger partial charge < -0.3 is 15.2 Å². The summed E-state index contributed by atoms with van der Waals surface area (Å²) in [5, 5.41) is 15.1. The number of carbonyl (C=O) groups is 2. The van der Waals surface area contributed by atoms with Gasteiger partial charge in [0.25, 0.3) is 0 Å². The van der Waals surface area contributed by atoms with Crippen molar-refractivity contribution < 1.29 is 24.3 Å². The van der Waals surface area contributed by atoms with Gasteiger partial charge in [0, 0.05) is 23.1 Å². The monoisotopic (exact) mass is 428 g/mol. The Bertz CT molecular complexity index is 1020. The molecule has 0 fully saturated rings. The highest BCUT2D eigenvalue weighted by molar-refractivity contribution is 5.84. The van der Waals surface area contributed by atoms with Crippen LogP contribution in [0.25, 0.3) is 5.57 Å². The maximum Gasteiger partial charge on any atom is 0.411 e. The van der Waals surface area contributed by atoms with E-state index < -0.39 is 12.1 Å². The second-order valence-electron chi connectivity index (χ2n) is 7.32. The molecule has 0 saturated heterocycles. The van der Waals surface area contributed by atoms with Gasteiger partial charge in [0.2, 0.25) is 0 Å². The van der Waals surface area contributed by atoms with Crippen LogP contribution in [-0.2, 0) is 14.3 Å². The molecule has 2 aliphatic rings. The van der Waals surface area contributed by atoms with Gasteiger partial charge in [0.05, 0.1) is 24.8 Å². The number of hydrogen-bond acceptors (Lipinski definition) is 8. The van der Waals surface area contributed by atoms with Crippen molar-refractivity contribution in [3.05, 3.63) is 52.8 Å². The minimum absolute atomic E-state index is 0.269. The van der Waals surface area contributed by atoms with Crippen molar-refractivity contribution in [3.8, 4) is 0 Å². The number of rotatable bonds is 3. The molecule has 2 bridgehead atoms. The number of methoxy groups -OCH3 is 1. The third-order valence-electron chi connectivity index (χ3n) is 5.18. The fraction of sp³-hybridized carbons (Fsp3) is 0.409. The number of amides is 1. The van der Waals surface area contributed by atoms with E-state index in [2.05, 4.69) is 10.1 Å². The first-order chi connectivity index (χ1) is 14.9. The van der Waals surface area contributed by atoms with Crippen LogP contribution in [0, 0.1) is 0 Å². The van der Waals surface area contributed by atoms with E-state index in [9.17, 15) is 14.8 Å². The third-order valence-corrected chi connectivity index (χ3v) is 5.18. The Balaban J connectivity index is 2.22. The van der Waals surface area contributed by atoms with Crippen LogP contribution in [0.5, 0.6) is 0 Å². The molecular weight excluding hydrogens is 400 g/mol. The third kappa shape index (κ3) is 5.50. The molecule has 1 aromatic rings. The van der Waals surface area contributed by atoms with Crippen LogP contribution in [-0.4, -0.2) is 48.1 Å². The lowest BCUT2D eigenvalue weighted by Gasteiger charge is -2.25. The fourth-order valence-corrected chi connectivity index (χ4v) is 3.58. The molecule has 0 saturated carbocycles. The number of hydroxylamine groups is 2. The molecule has 1 amide bonds. The minimum Gasteiger partial charge on any atom is -0.464 e. The van der Waals surface area contributed by atoms with Gasteiger partial charge in [-0.2, -0.15) is 0 Å². The Morgan fingerprint density at radius 2 is 2.10 bits per heavy atom. The van der Waals surface area contributed by atoms with E-state index in [-0.39, 0.29) is 18.6 Å². The largest absolute Gasteiger partial charge is 0.464 e. The molecule has 9 heteroatoms. The number of nitrogens with two attached hydrogens (primary N) is 1. The molecule has 3 rings (SSSR count). The molecule has 0 aliphatic carbocycles. The molecule has 2 heterocycles. The number of hydrogen-bond donors (Lipinski definition) is 3. The van der Waals surface area contributed by atoms with E-state index in [1.54, 1.807) is 31.2 Å². The normalized spacial score (nSPS) is 21.0. The SMILES string of the molecule is CCOC(=O)[C@H]1CCCC[C@H](N)C2=CC(=c3ccc(NC(=O)OC)cc3=N1)C=CN2O. The Labute approximate surface area is 180 Å². The summed E-state index contributed by atoms with van der Waals surface area (Å²) < 4.78 is 9.89. The summed E-state index contributed by atoms with van der Waals surface area (Å²) in [4.78, 5) is 28.9.